The van der Waals surface area contributed by atoms with Gasteiger partial charge in [0.2, 0.25) is 5.91 Å². The highest BCUT2D eigenvalue weighted by molar-refractivity contribution is 6.26. The summed E-state index contributed by atoms with van der Waals surface area (Å²) in [4.78, 5) is 48.1. The second-order valence-electron chi connectivity index (χ2n) is 5.51. The van der Waals surface area contributed by atoms with Crippen LogP contribution < -0.4 is 4.74 Å². The number of nitrogens with zero attached hydrogens (tertiary/aromatic N) is 1. The fraction of sp³-hybridized carbons (Fsp3) is 0.222. The van der Waals surface area contributed by atoms with Gasteiger partial charge in [0.25, 0.3) is 0 Å². The highest BCUT2D eigenvalue weighted by Gasteiger charge is 2.37. The Morgan fingerprint density at radius 3 is 2.72 bits per heavy atom. The number of hydrogen-bond acceptors (Lipinski definition) is 5. The van der Waals surface area contributed by atoms with Gasteiger partial charge >= 0.3 is 5.97 Å². The molecule has 0 fully saturated rings. The number of ether oxygens (including phenoxy) is 1. The number of carbonyl (C=O) groups is 4. The minimum Gasteiger partial charge on any atom is -0.482 e. The number of carboxylic acid groups (broad SMARTS) is 1. The molecule has 0 spiro atoms. The molecule has 0 aromatic heterocycles. The van der Waals surface area contributed by atoms with Gasteiger partial charge in [-0.3, -0.25) is 14.4 Å². The molecule has 1 atom stereocenters. The van der Waals surface area contributed by atoms with Crippen LogP contribution in [0.3, 0.4) is 0 Å². The van der Waals surface area contributed by atoms with Crippen LogP contribution in [0.4, 0.5) is 0 Å². The molecule has 1 aliphatic heterocycles. The third-order valence-corrected chi connectivity index (χ3v) is 3.69. The van der Waals surface area contributed by atoms with Gasteiger partial charge in [-0.15, -0.1) is 0 Å². The molecule has 0 radical (unpaired) electrons. The largest absolute Gasteiger partial charge is 0.482 e. The summed E-state index contributed by atoms with van der Waals surface area (Å²) in [6.07, 6.45) is 3.89. The van der Waals surface area contributed by atoms with Crippen molar-refractivity contribution in [3.63, 3.8) is 0 Å². The van der Waals surface area contributed by atoms with Gasteiger partial charge in [0.1, 0.15) is 5.75 Å². The van der Waals surface area contributed by atoms with Gasteiger partial charge in [-0.05, 0) is 30.7 Å². The molecule has 1 heterocycles. The number of hydrogen-bond donors (Lipinski definition) is 1. The number of amides is 1. The number of rotatable bonds is 6. The molecule has 0 aliphatic carbocycles. The summed E-state index contributed by atoms with van der Waals surface area (Å²) in [5.41, 5.74) is 1.07. The molecule has 2 rings (SSSR count). The Balaban J connectivity index is 2.12. The normalized spacial score (nSPS) is 17.6. The van der Waals surface area contributed by atoms with Crippen molar-refractivity contribution in [3.8, 4) is 5.75 Å². The predicted molar refractivity (Wildman–Crippen MR) is 88.6 cm³/mol. The second-order valence-corrected chi connectivity index (χ2v) is 5.51. The summed E-state index contributed by atoms with van der Waals surface area (Å²) in [7, 11) is 1.51. The lowest BCUT2D eigenvalue weighted by atomic mass is 9.92. The molecule has 1 unspecified atom stereocenters. The number of allylic oxidation sites excluding steroid dienone is 3. The quantitative estimate of drug-likeness (QED) is 0.617. The van der Waals surface area contributed by atoms with E-state index in [0.29, 0.717) is 17.0 Å². The molecule has 7 nitrogen and oxygen atoms in total. The van der Waals surface area contributed by atoms with Crippen LogP contribution in [0, 0.1) is 5.92 Å². The summed E-state index contributed by atoms with van der Waals surface area (Å²) >= 11 is 0. The average Bonchev–Trinajstić information content (AvgIpc) is 2.56. The zero-order valence-electron chi connectivity index (χ0n) is 13.8. The van der Waals surface area contributed by atoms with E-state index in [0.717, 1.165) is 0 Å². The van der Waals surface area contributed by atoms with Gasteiger partial charge in [0, 0.05) is 18.8 Å². The Labute approximate surface area is 144 Å². The van der Waals surface area contributed by atoms with E-state index >= 15 is 0 Å². The Bertz CT molecular complexity index is 793. The first kappa shape index (κ1) is 18.1. The maximum atomic E-state index is 12.3. The minimum absolute atomic E-state index is 0.333. The summed E-state index contributed by atoms with van der Waals surface area (Å²) in [6, 6.07) is 6.45. The molecule has 0 saturated carbocycles. The van der Waals surface area contributed by atoms with E-state index in [1.807, 2.05) is 0 Å². The molecule has 7 heteroatoms. The molecule has 130 valence electrons. The van der Waals surface area contributed by atoms with Crippen molar-refractivity contribution in [2.24, 2.45) is 5.92 Å². The fourth-order valence-corrected chi connectivity index (χ4v) is 2.26. The summed E-state index contributed by atoms with van der Waals surface area (Å²) in [5.74, 6) is -3.83. The first-order valence-electron chi connectivity index (χ1n) is 7.46. The third-order valence-electron chi connectivity index (χ3n) is 3.69. The van der Waals surface area contributed by atoms with Gasteiger partial charge in [-0.1, -0.05) is 18.2 Å². The second kappa shape index (κ2) is 7.57. The van der Waals surface area contributed by atoms with E-state index in [2.05, 4.69) is 0 Å². The Hall–Kier alpha value is -3.22. The van der Waals surface area contributed by atoms with Crippen molar-refractivity contribution >= 4 is 29.5 Å². The number of carbonyl (C=O) groups excluding carboxylic acids is 3. The molecular formula is C18H17NO6. The molecular weight excluding hydrogens is 326 g/mol. The topological polar surface area (TPSA) is 101 Å². The zero-order chi connectivity index (χ0) is 18.6. The van der Waals surface area contributed by atoms with Crippen LogP contribution in [0.25, 0.3) is 6.08 Å². The maximum absolute atomic E-state index is 12.3. The summed E-state index contributed by atoms with van der Waals surface area (Å²) < 4.78 is 5.05. The maximum Gasteiger partial charge on any atom is 0.341 e. The first-order valence-corrected chi connectivity index (χ1v) is 7.46. The number of carboxylic acids is 1. The number of ketones is 2. The lowest BCUT2D eigenvalue weighted by Crippen LogP contribution is -2.43. The van der Waals surface area contributed by atoms with Crippen LogP contribution in [0.5, 0.6) is 5.75 Å². The predicted octanol–water partition coefficient (Wildman–Crippen LogP) is 1.29. The lowest BCUT2D eigenvalue weighted by molar-refractivity contribution is -0.143. The molecule has 1 aromatic carbocycles. The van der Waals surface area contributed by atoms with E-state index < -0.39 is 36.0 Å². The average molecular weight is 343 g/mol. The van der Waals surface area contributed by atoms with Gasteiger partial charge in [0.05, 0.1) is 0 Å². The zero-order valence-corrected chi connectivity index (χ0v) is 13.8. The Kier molecular flexibility index (Phi) is 5.49. The van der Waals surface area contributed by atoms with Crippen LogP contribution in [0.2, 0.25) is 0 Å². The molecule has 0 bridgehead atoms. The molecule has 0 saturated heterocycles. The smallest absolute Gasteiger partial charge is 0.341 e. The highest BCUT2D eigenvalue weighted by atomic mass is 16.5. The number of benzene rings is 1. The van der Waals surface area contributed by atoms with Gasteiger partial charge < -0.3 is 14.7 Å². The van der Waals surface area contributed by atoms with Gasteiger partial charge in [0.15, 0.2) is 24.1 Å². The van der Waals surface area contributed by atoms with Crippen molar-refractivity contribution in [1.82, 2.24) is 4.90 Å². The monoisotopic (exact) mass is 343 g/mol. The van der Waals surface area contributed by atoms with Crippen molar-refractivity contribution in [2.75, 3.05) is 13.7 Å². The minimum atomic E-state index is -1.36. The summed E-state index contributed by atoms with van der Waals surface area (Å²) in [6.45, 7) is 1.14. The van der Waals surface area contributed by atoms with Gasteiger partial charge in [-0.25, -0.2) is 4.79 Å². The van der Waals surface area contributed by atoms with E-state index in [1.165, 1.54) is 30.2 Å². The van der Waals surface area contributed by atoms with Crippen molar-refractivity contribution in [1.29, 1.82) is 0 Å². The standard InChI is InChI=1S/C18H17NO6/c1-11-8-15(21)17(18(24)19(11)2)14(20)7-6-12-4-3-5-13(9-12)25-10-16(22)23/h3-9,17H,10H2,1-2H3,(H,22,23)/b7-6+. The van der Waals surface area contributed by atoms with E-state index in [9.17, 15) is 19.2 Å². The van der Waals surface area contributed by atoms with Crippen LogP contribution >= 0.6 is 0 Å². The lowest BCUT2D eigenvalue weighted by Gasteiger charge is -2.25. The SMILES string of the molecule is CC1=CC(=O)C(C(=O)/C=C/c2cccc(OCC(=O)O)c2)C(=O)N1C. The van der Waals surface area contributed by atoms with E-state index in [1.54, 1.807) is 31.2 Å². The Morgan fingerprint density at radius 1 is 1.32 bits per heavy atom. The van der Waals surface area contributed by atoms with Crippen LogP contribution in [0.1, 0.15) is 12.5 Å². The highest BCUT2D eigenvalue weighted by Crippen LogP contribution is 2.19. The molecule has 1 aromatic rings. The first-order chi connectivity index (χ1) is 11.8. The third kappa shape index (κ3) is 4.41. The van der Waals surface area contributed by atoms with Crippen molar-refractivity contribution < 1.29 is 29.0 Å². The molecule has 1 N–H and O–H groups in total. The van der Waals surface area contributed by atoms with Crippen LogP contribution in [-0.2, 0) is 19.2 Å². The van der Waals surface area contributed by atoms with Gasteiger partial charge in [-0.2, -0.15) is 0 Å². The van der Waals surface area contributed by atoms with E-state index in [-0.39, 0.29) is 0 Å². The van der Waals surface area contributed by atoms with Crippen molar-refractivity contribution in [2.45, 2.75) is 6.92 Å². The van der Waals surface area contributed by atoms with Crippen LogP contribution in [-0.4, -0.2) is 47.1 Å². The molecule has 1 amide bonds. The molecule has 25 heavy (non-hydrogen) atoms. The molecule has 1 aliphatic rings. The van der Waals surface area contributed by atoms with Crippen molar-refractivity contribution in [3.05, 3.63) is 47.7 Å². The van der Waals surface area contributed by atoms with Crippen LogP contribution in [0.15, 0.2) is 42.1 Å². The fourth-order valence-electron chi connectivity index (χ4n) is 2.26. The van der Waals surface area contributed by atoms with E-state index in [4.69, 9.17) is 9.84 Å². The Morgan fingerprint density at radius 2 is 2.04 bits per heavy atom. The summed E-state index contributed by atoms with van der Waals surface area (Å²) in [5, 5.41) is 8.60. The number of aliphatic carboxylic acids is 1.